The number of benzene rings is 9. The Bertz CT molecular complexity index is 3780. The summed E-state index contributed by atoms with van der Waals surface area (Å²) >= 11 is 1.87. The summed E-state index contributed by atoms with van der Waals surface area (Å²) in [4.78, 5) is 13.6. The Morgan fingerprint density at radius 3 is 1.95 bits per heavy atom. The number of para-hydroxylation sites is 2. The minimum absolute atomic E-state index is 0.179. The van der Waals surface area contributed by atoms with E-state index >= 15 is 0 Å². The molecule has 13 rings (SSSR count). The molecule has 0 radical (unpaired) electrons. The maximum atomic E-state index is 5.82. The van der Waals surface area contributed by atoms with Crippen LogP contribution in [0.15, 0.2) is 194 Å². The first-order chi connectivity index (χ1) is 30.5. The van der Waals surface area contributed by atoms with Crippen molar-refractivity contribution in [2.75, 3.05) is 4.90 Å². The standard InChI is InChI=1S/C57H38N4S/c1-57(2)44-25-12-8-21-40(44)52-45(57)26-16-29-48(52)60(37-33-31-36(32-34-37)35-17-4-3-5-18-35)56-58-46-27-13-9-22-41(46)55(59-56)61-47-28-14-10-23-42(47)50-38-19-6-7-20-39(38)51-43-24-11-15-30-49(43)62-54(51)53(50)61/h3-34H,1-2H3. The summed E-state index contributed by atoms with van der Waals surface area (Å²) in [5, 5.41) is 8.52. The predicted molar refractivity (Wildman–Crippen MR) is 262 cm³/mol. The first kappa shape index (κ1) is 35.2. The zero-order chi connectivity index (χ0) is 41.1. The zero-order valence-electron chi connectivity index (χ0n) is 34.2. The van der Waals surface area contributed by atoms with E-state index in [1.54, 1.807) is 0 Å². The van der Waals surface area contributed by atoms with Crippen molar-refractivity contribution in [3.63, 3.8) is 0 Å². The first-order valence-electron chi connectivity index (χ1n) is 21.3. The first-order valence-corrected chi connectivity index (χ1v) is 22.1. The lowest BCUT2D eigenvalue weighted by Gasteiger charge is -2.28. The highest BCUT2D eigenvalue weighted by Gasteiger charge is 2.38. The fourth-order valence-electron chi connectivity index (χ4n) is 10.4. The maximum Gasteiger partial charge on any atom is 0.237 e. The second-order valence-electron chi connectivity index (χ2n) is 16.9. The molecule has 3 heterocycles. The van der Waals surface area contributed by atoms with Gasteiger partial charge < -0.3 is 0 Å². The Morgan fingerprint density at radius 2 is 1.13 bits per heavy atom. The largest absolute Gasteiger partial charge is 0.292 e. The molecule has 0 bridgehead atoms. The van der Waals surface area contributed by atoms with Crippen molar-refractivity contribution in [1.29, 1.82) is 0 Å². The molecule has 0 fully saturated rings. The number of fused-ring (bicyclic) bond motifs is 14. The van der Waals surface area contributed by atoms with E-state index < -0.39 is 0 Å². The van der Waals surface area contributed by atoms with Crippen molar-refractivity contribution in [2.45, 2.75) is 19.3 Å². The molecule has 5 heteroatoms. The molecule has 12 aromatic rings. The third-order valence-corrected chi connectivity index (χ3v) is 14.4. The van der Waals surface area contributed by atoms with Crippen LogP contribution in [0.2, 0.25) is 0 Å². The van der Waals surface area contributed by atoms with Crippen molar-refractivity contribution >= 4 is 92.3 Å². The third kappa shape index (κ3) is 4.94. The van der Waals surface area contributed by atoms with Crippen LogP contribution in [0.25, 0.3) is 91.7 Å². The summed E-state index contributed by atoms with van der Waals surface area (Å²) in [7, 11) is 0. The lowest BCUT2D eigenvalue weighted by Crippen LogP contribution is -2.17. The Hall–Kier alpha value is -7.60. The van der Waals surface area contributed by atoms with Crippen molar-refractivity contribution in [1.82, 2.24) is 14.5 Å². The predicted octanol–water partition coefficient (Wildman–Crippen LogP) is 15.7. The number of hydrogen-bond donors (Lipinski definition) is 0. The van der Waals surface area contributed by atoms with Gasteiger partial charge in [-0.2, -0.15) is 4.98 Å². The van der Waals surface area contributed by atoms with E-state index in [1.807, 2.05) is 11.3 Å². The van der Waals surface area contributed by atoms with Crippen LogP contribution in [0.1, 0.15) is 25.0 Å². The van der Waals surface area contributed by atoms with E-state index in [9.17, 15) is 0 Å². The van der Waals surface area contributed by atoms with Gasteiger partial charge in [0, 0.05) is 48.3 Å². The average Bonchev–Trinajstić information content (AvgIpc) is 3.96. The second kappa shape index (κ2) is 13.2. The average molecular weight is 811 g/mol. The number of nitrogens with zero attached hydrogens (tertiary/aromatic N) is 4. The Labute approximate surface area is 362 Å². The number of rotatable bonds is 5. The molecule has 0 N–H and O–H groups in total. The van der Waals surface area contributed by atoms with Crippen molar-refractivity contribution < 1.29 is 0 Å². The minimum Gasteiger partial charge on any atom is -0.292 e. The lowest BCUT2D eigenvalue weighted by molar-refractivity contribution is 0.660. The van der Waals surface area contributed by atoms with Crippen LogP contribution in [-0.2, 0) is 5.41 Å². The molecule has 4 nitrogen and oxygen atoms in total. The number of thiophene rings is 1. The SMILES string of the molecule is CC1(C)c2ccccc2-c2c(N(c3ccc(-c4ccccc4)cc3)c3nc(-n4c5ccccc5c5c6ccccc6c6c7ccccc7sc6c54)c4ccccc4n3)cccc21. The van der Waals surface area contributed by atoms with E-state index in [0.717, 1.165) is 39.2 Å². The normalized spacial score (nSPS) is 13.1. The lowest BCUT2D eigenvalue weighted by atomic mass is 9.82. The topological polar surface area (TPSA) is 34.0 Å². The molecule has 0 saturated carbocycles. The molecule has 0 amide bonds. The second-order valence-corrected chi connectivity index (χ2v) is 18.0. The van der Waals surface area contributed by atoms with Crippen molar-refractivity contribution in [3.05, 3.63) is 205 Å². The summed E-state index contributed by atoms with van der Waals surface area (Å²) in [6.45, 7) is 4.68. The molecule has 0 spiro atoms. The van der Waals surface area contributed by atoms with E-state index in [4.69, 9.17) is 9.97 Å². The molecule has 62 heavy (non-hydrogen) atoms. The molecular formula is C57H38N4S. The highest BCUT2D eigenvalue weighted by atomic mass is 32.1. The van der Waals surface area contributed by atoms with Gasteiger partial charge in [-0.05, 0) is 81.1 Å². The summed E-state index contributed by atoms with van der Waals surface area (Å²) < 4.78 is 4.97. The van der Waals surface area contributed by atoms with Gasteiger partial charge in [0.2, 0.25) is 5.95 Å². The van der Waals surface area contributed by atoms with Crippen LogP contribution in [0.3, 0.4) is 0 Å². The number of anilines is 3. The molecule has 1 aliphatic carbocycles. The van der Waals surface area contributed by atoms with Gasteiger partial charge in [0.05, 0.1) is 26.9 Å². The molecule has 292 valence electrons. The van der Waals surface area contributed by atoms with Gasteiger partial charge in [0.1, 0.15) is 0 Å². The van der Waals surface area contributed by atoms with Crippen LogP contribution in [-0.4, -0.2) is 14.5 Å². The molecule has 0 atom stereocenters. The van der Waals surface area contributed by atoms with Gasteiger partial charge in [0.25, 0.3) is 0 Å². The highest BCUT2D eigenvalue weighted by molar-refractivity contribution is 7.27. The molecule has 9 aromatic carbocycles. The van der Waals surface area contributed by atoms with Crippen molar-refractivity contribution in [3.8, 4) is 28.1 Å². The highest BCUT2D eigenvalue weighted by Crippen LogP contribution is 2.54. The van der Waals surface area contributed by atoms with Gasteiger partial charge in [-0.15, -0.1) is 11.3 Å². The Kier molecular flexibility index (Phi) is 7.49. The maximum absolute atomic E-state index is 5.82. The smallest absolute Gasteiger partial charge is 0.237 e. The van der Waals surface area contributed by atoms with Gasteiger partial charge in [0.15, 0.2) is 5.82 Å². The quantitative estimate of drug-likeness (QED) is 0.174. The van der Waals surface area contributed by atoms with Crippen molar-refractivity contribution in [2.24, 2.45) is 0 Å². The monoisotopic (exact) mass is 810 g/mol. The van der Waals surface area contributed by atoms with E-state index in [0.29, 0.717) is 5.95 Å². The van der Waals surface area contributed by atoms with Gasteiger partial charge >= 0.3 is 0 Å². The number of aromatic nitrogens is 3. The van der Waals surface area contributed by atoms with E-state index in [2.05, 4.69) is 217 Å². The van der Waals surface area contributed by atoms with Crippen LogP contribution in [0.5, 0.6) is 0 Å². The summed E-state index contributed by atoms with van der Waals surface area (Å²) in [5.74, 6) is 1.46. The Balaban J connectivity index is 1.15. The molecule has 3 aromatic heterocycles. The van der Waals surface area contributed by atoms with E-state index in [-0.39, 0.29) is 5.41 Å². The summed E-state index contributed by atoms with van der Waals surface area (Å²) in [6, 6.07) is 70.2. The van der Waals surface area contributed by atoms with Crippen LogP contribution >= 0.6 is 11.3 Å². The molecule has 1 aliphatic rings. The van der Waals surface area contributed by atoms with Gasteiger partial charge in [-0.1, -0.05) is 166 Å². The fraction of sp³-hybridized carbons (Fsp3) is 0.0526. The molecule has 0 aliphatic heterocycles. The fourth-order valence-corrected chi connectivity index (χ4v) is 11.6. The minimum atomic E-state index is -0.179. The van der Waals surface area contributed by atoms with Gasteiger partial charge in [-0.25, -0.2) is 4.98 Å². The summed E-state index contributed by atoms with van der Waals surface area (Å²) in [6.07, 6.45) is 0. The molecule has 0 unspecified atom stereocenters. The van der Waals surface area contributed by atoms with Crippen LogP contribution in [0, 0.1) is 0 Å². The zero-order valence-corrected chi connectivity index (χ0v) is 35.0. The molecular weight excluding hydrogens is 773 g/mol. The van der Waals surface area contributed by atoms with Crippen LogP contribution in [0.4, 0.5) is 17.3 Å². The van der Waals surface area contributed by atoms with Crippen LogP contribution < -0.4 is 4.90 Å². The number of hydrogen-bond acceptors (Lipinski definition) is 4. The third-order valence-electron chi connectivity index (χ3n) is 13.2. The molecule has 0 saturated heterocycles. The summed E-state index contributed by atoms with van der Waals surface area (Å²) in [5.41, 5.74) is 12.4. The van der Waals surface area contributed by atoms with Gasteiger partial charge in [-0.3, -0.25) is 9.47 Å². The Morgan fingerprint density at radius 1 is 0.500 bits per heavy atom. The van der Waals surface area contributed by atoms with E-state index in [1.165, 1.54) is 75.1 Å².